The van der Waals surface area contributed by atoms with Crippen LogP contribution in [0.15, 0.2) is 41.3 Å². The molecule has 33 heavy (non-hydrogen) atoms. The van der Waals surface area contributed by atoms with Crippen molar-refractivity contribution in [1.29, 1.82) is 0 Å². The lowest BCUT2D eigenvalue weighted by molar-refractivity contribution is -0.137. The van der Waals surface area contributed by atoms with E-state index in [-0.39, 0.29) is 34.5 Å². The van der Waals surface area contributed by atoms with Crippen molar-refractivity contribution in [2.24, 2.45) is 0 Å². The molecular formula is C21H21N3O8S. The second kappa shape index (κ2) is 8.62. The van der Waals surface area contributed by atoms with Crippen molar-refractivity contribution in [1.82, 2.24) is 0 Å². The summed E-state index contributed by atoms with van der Waals surface area (Å²) in [6.45, 7) is -0.403. The van der Waals surface area contributed by atoms with Crippen molar-refractivity contribution in [2.45, 2.75) is 17.7 Å². The fraction of sp³-hybridized carbons (Fsp3) is 0.286. The molecule has 4 rings (SSSR count). The molecule has 2 N–H and O–H groups in total. The topological polar surface area (TPSA) is 143 Å². The summed E-state index contributed by atoms with van der Waals surface area (Å²) in [5.74, 6) is -1.33. The molecule has 2 aromatic carbocycles. The standard InChI is InChI=1S/C21H21N3O8S/c1-31-18-9-13(4-6-15(18)23-8-2-3-19(23)25)22-33(29,30)14-5-7-17-16(10-14)24(11-21(27)28)20(26)12-32-17/h4-7,9-10,22H,2-3,8,11-12H2,1H3,(H,27,28). The molecule has 2 aromatic rings. The third kappa shape index (κ3) is 4.42. The summed E-state index contributed by atoms with van der Waals surface area (Å²) >= 11 is 0. The smallest absolute Gasteiger partial charge is 0.323 e. The normalized spacial score (nSPS) is 15.8. The van der Waals surface area contributed by atoms with Gasteiger partial charge in [-0.25, -0.2) is 8.42 Å². The van der Waals surface area contributed by atoms with E-state index in [2.05, 4.69) is 4.72 Å². The van der Waals surface area contributed by atoms with Gasteiger partial charge in [-0.3, -0.25) is 24.0 Å². The minimum atomic E-state index is -4.11. The van der Waals surface area contributed by atoms with Crippen LogP contribution in [-0.4, -0.2) is 58.1 Å². The monoisotopic (exact) mass is 475 g/mol. The van der Waals surface area contributed by atoms with E-state index in [1.165, 1.54) is 37.4 Å². The first-order chi connectivity index (χ1) is 15.7. The number of ether oxygens (including phenoxy) is 2. The number of carboxylic acids is 1. The Kier molecular flexibility index (Phi) is 5.85. The molecule has 11 nitrogen and oxygen atoms in total. The Morgan fingerprint density at radius 3 is 2.61 bits per heavy atom. The third-order valence-electron chi connectivity index (χ3n) is 5.27. The van der Waals surface area contributed by atoms with Crippen LogP contribution in [0.1, 0.15) is 12.8 Å². The molecular weight excluding hydrogens is 454 g/mol. The van der Waals surface area contributed by atoms with Crippen molar-refractivity contribution in [3.63, 3.8) is 0 Å². The SMILES string of the molecule is COc1cc(NS(=O)(=O)c2ccc3c(c2)N(CC(=O)O)C(=O)CO3)ccc1N1CCCC1=O. The Balaban J connectivity index is 1.63. The van der Waals surface area contributed by atoms with Crippen molar-refractivity contribution in [3.05, 3.63) is 36.4 Å². The number of rotatable bonds is 7. The lowest BCUT2D eigenvalue weighted by atomic mass is 10.2. The summed E-state index contributed by atoms with van der Waals surface area (Å²) in [6.07, 6.45) is 1.18. The summed E-state index contributed by atoms with van der Waals surface area (Å²) < 4.78 is 39.1. The van der Waals surface area contributed by atoms with Crippen LogP contribution in [0, 0.1) is 0 Å². The Morgan fingerprint density at radius 1 is 1.15 bits per heavy atom. The molecule has 2 amide bonds. The van der Waals surface area contributed by atoms with E-state index in [0.717, 1.165) is 11.3 Å². The van der Waals surface area contributed by atoms with Crippen LogP contribution in [0.2, 0.25) is 0 Å². The van der Waals surface area contributed by atoms with Crippen molar-refractivity contribution < 1.29 is 37.4 Å². The van der Waals surface area contributed by atoms with Gasteiger partial charge in [0, 0.05) is 19.0 Å². The number of nitrogens with zero attached hydrogens (tertiary/aromatic N) is 2. The second-order valence-corrected chi connectivity index (χ2v) is 9.12. The third-order valence-corrected chi connectivity index (χ3v) is 6.65. The van der Waals surface area contributed by atoms with E-state index in [0.29, 0.717) is 24.4 Å². The van der Waals surface area contributed by atoms with Gasteiger partial charge in [0.15, 0.2) is 6.61 Å². The van der Waals surface area contributed by atoms with Gasteiger partial charge in [-0.15, -0.1) is 0 Å². The van der Waals surface area contributed by atoms with Gasteiger partial charge in [0.2, 0.25) is 5.91 Å². The molecule has 0 unspecified atom stereocenters. The molecule has 0 aliphatic carbocycles. The molecule has 0 aromatic heterocycles. The maximum atomic E-state index is 13.0. The number of carbonyl (C=O) groups excluding carboxylic acids is 2. The number of fused-ring (bicyclic) bond motifs is 1. The Labute approximate surface area is 189 Å². The zero-order valence-electron chi connectivity index (χ0n) is 17.6. The van der Waals surface area contributed by atoms with Gasteiger partial charge in [0.05, 0.1) is 29.1 Å². The molecule has 1 fully saturated rings. The lowest BCUT2D eigenvalue weighted by Gasteiger charge is -2.28. The number of sulfonamides is 1. The van der Waals surface area contributed by atoms with Gasteiger partial charge in [-0.05, 0) is 36.8 Å². The molecule has 2 aliphatic rings. The molecule has 0 atom stereocenters. The van der Waals surface area contributed by atoms with Crippen LogP contribution >= 0.6 is 0 Å². The molecule has 0 radical (unpaired) electrons. The average Bonchev–Trinajstić information content (AvgIpc) is 3.20. The predicted octanol–water partition coefficient (Wildman–Crippen LogP) is 1.43. The summed E-state index contributed by atoms with van der Waals surface area (Å²) in [7, 11) is -2.69. The van der Waals surface area contributed by atoms with E-state index in [1.807, 2.05) is 0 Å². The largest absolute Gasteiger partial charge is 0.494 e. The van der Waals surface area contributed by atoms with E-state index < -0.39 is 28.4 Å². The van der Waals surface area contributed by atoms with Gasteiger partial charge in [-0.2, -0.15) is 0 Å². The minimum absolute atomic E-state index is 0.0293. The van der Waals surface area contributed by atoms with Gasteiger partial charge >= 0.3 is 5.97 Å². The van der Waals surface area contributed by atoms with Crippen molar-refractivity contribution >= 4 is 44.9 Å². The zero-order valence-corrected chi connectivity index (χ0v) is 18.4. The van der Waals surface area contributed by atoms with Gasteiger partial charge in [0.1, 0.15) is 18.0 Å². The maximum absolute atomic E-state index is 13.0. The Hall–Kier alpha value is -3.80. The van der Waals surface area contributed by atoms with Gasteiger partial charge in [0.25, 0.3) is 15.9 Å². The van der Waals surface area contributed by atoms with Crippen LogP contribution in [0.4, 0.5) is 17.1 Å². The number of anilines is 3. The quantitative estimate of drug-likeness (QED) is 0.612. The summed E-state index contributed by atoms with van der Waals surface area (Å²) in [5.41, 5.74) is 0.809. The lowest BCUT2D eigenvalue weighted by Crippen LogP contribution is -2.42. The van der Waals surface area contributed by atoms with Crippen LogP contribution in [0.25, 0.3) is 0 Å². The molecule has 174 valence electrons. The van der Waals surface area contributed by atoms with Gasteiger partial charge in [-0.1, -0.05) is 0 Å². The highest BCUT2D eigenvalue weighted by atomic mass is 32.2. The number of amides is 2. The second-order valence-electron chi connectivity index (χ2n) is 7.43. The van der Waals surface area contributed by atoms with E-state index in [4.69, 9.17) is 14.6 Å². The summed E-state index contributed by atoms with van der Waals surface area (Å²) in [6, 6.07) is 8.45. The van der Waals surface area contributed by atoms with Crippen LogP contribution in [0.5, 0.6) is 11.5 Å². The number of carbonyl (C=O) groups is 3. The molecule has 2 aliphatic heterocycles. The van der Waals surface area contributed by atoms with Crippen molar-refractivity contribution in [3.8, 4) is 11.5 Å². The Morgan fingerprint density at radius 2 is 1.94 bits per heavy atom. The summed E-state index contributed by atoms with van der Waals surface area (Å²) in [4.78, 5) is 37.7. The molecule has 12 heteroatoms. The number of hydrogen-bond donors (Lipinski definition) is 2. The predicted molar refractivity (Wildman–Crippen MR) is 117 cm³/mol. The fourth-order valence-corrected chi connectivity index (χ4v) is 4.81. The van der Waals surface area contributed by atoms with Crippen LogP contribution in [0.3, 0.4) is 0 Å². The molecule has 0 spiro atoms. The van der Waals surface area contributed by atoms with Crippen LogP contribution in [-0.2, 0) is 24.4 Å². The van der Waals surface area contributed by atoms with E-state index in [1.54, 1.807) is 11.0 Å². The van der Waals surface area contributed by atoms with Crippen LogP contribution < -0.4 is 24.0 Å². The summed E-state index contributed by atoms with van der Waals surface area (Å²) in [5, 5.41) is 9.10. The number of aliphatic carboxylic acids is 1. The fourth-order valence-electron chi connectivity index (χ4n) is 3.74. The molecule has 2 heterocycles. The first kappa shape index (κ1) is 22.4. The number of methoxy groups -OCH3 is 1. The van der Waals surface area contributed by atoms with E-state index in [9.17, 15) is 22.8 Å². The van der Waals surface area contributed by atoms with E-state index >= 15 is 0 Å². The number of carboxylic acid groups (broad SMARTS) is 1. The maximum Gasteiger partial charge on any atom is 0.323 e. The number of hydrogen-bond acceptors (Lipinski definition) is 7. The Bertz CT molecular complexity index is 1240. The molecule has 1 saturated heterocycles. The average molecular weight is 475 g/mol. The highest BCUT2D eigenvalue weighted by Crippen LogP contribution is 2.36. The number of benzene rings is 2. The number of nitrogens with one attached hydrogen (secondary N) is 1. The molecule has 0 bridgehead atoms. The highest BCUT2D eigenvalue weighted by Gasteiger charge is 2.30. The van der Waals surface area contributed by atoms with Gasteiger partial charge < -0.3 is 19.5 Å². The minimum Gasteiger partial charge on any atom is -0.494 e. The first-order valence-corrected chi connectivity index (χ1v) is 11.5. The zero-order chi connectivity index (χ0) is 23.8. The highest BCUT2D eigenvalue weighted by molar-refractivity contribution is 7.92. The molecule has 0 saturated carbocycles. The first-order valence-electron chi connectivity index (χ1n) is 10.00. The van der Waals surface area contributed by atoms with Crippen molar-refractivity contribution in [2.75, 3.05) is 41.3 Å².